The van der Waals surface area contributed by atoms with Gasteiger partial charge in [-0.05, 0) is 35.9 Å². The molecule has 2 heterocycles. The van der Waals surface area contributed by atoms with Crippen LogP contribution in [0.5, 0.6) is 5.75 Å². The van der Waals surface area contributed by atoms with Gasteiger partial charge in [0, 0.05) is 30.2 Å². The van der Waals surface area contributed by atoms with Gasteiger partial charge in [0.05, 0.1) is 35.5 Å². The first kappa shape index (κ1) is 22.5. The Morgan fingerprint density at radius 1 is 1.10 bits per heavy atom. The highest BCUT2D eigenvalue weighted by molar-refractivity contribution is 8.19. The second-order valence-electron chi connectivity index (χ2n) is 7.03. The summed E-state index contributed by atoms with van der Waals surface area (Å²) in [4.78, 5) is 12.9. The third-order valence-electron chi connectivity index (χ3n) is 5.09. The monoisotopic (exact) mass is 480 g/mol. The van der Waals surface area contributed by atoms with Crippen LogP contribution in [0, 0.1) is 0 Å². The van der Waals surface area contributed by atoms with Gasteiger partial charge in [0.15, 0.2) is 0 Å². The summed E-state index contributed by atoms with van der Waals surface area (Å²) in [6, 6.07) is 12.0. The van der Waals surface area contributed by atoms with Crippen molar-refractivity contribution >= 4 is 45.1 Å². The van der Waals surface area contributed by atoms with Crippen molar-refractivity contribution in [2.45, 2.75) is 9.48 Å². The Morgan fingerprint density at radius 2 is 1.77 bits per heavy atom. The maximum atomic E-state index is 13.0. The fraction of sp³-hybridized carbons (Fsp3) is 0.381. The highest BCUT2D eigenvalue weighted by atomic mass is 32.2. The summed E-state index contributed by atoms with van der Waals surface area (Å²) in [7, 11) is -2.20. The van der Waals surface area contributed by atoms with E-state index in [-0.39, 0.29) is 10.8 Å². The number of ether oxygens (including phenoxy) is 2. The molecule has 0 aliphatic carbocycles. The summed E-state index contributed by atoms with van der Waals surface area (Å²) in [5.74, 6) is 2.35. The minimum absolute atomic E-state index is 0.108. The number of carbonyl (C=O) groups excluding carboxylic acids is 1. The lowest BCUT2D eigenvalue weighted by atomic mass is 10.1. The number of amides is 1. The molecule has 0 aromatic heterocycles. The average molecular weight is 481 g/mol. The zero-order valence-corrected chi connectivity index (χ0v) is 19.5. The maximum absolute atomic E-state index is 13.0. The van der Waals surface area contributed by atoms with Crippen LogP contribution in [-0.4, -0.2) is 63.5 Å². The summed E-state index contributed by atoms with van der Waals surface area (Å²) in [6.45, 7) is 1.35. The van der Waals surface area contributed by atoms with Gasteiger partial charge in [0.1, 0.15) is 5.75 Å². The van der Waals surface area contributed by atoms with Gasteiger partial charge in [-0.2, -0.15) is 4.31 Å². The van der Waals surface area contributed by atoms with Gasteiger partial charge < -0.3 is 14.8 Å². The van der Waals surface area contributed by atoms with Crippen molar-refractivity contribution in [1.29, 1.82) is 0 Å². The summed E-state index contributed by atoms with van der Waals surface area (Å²) in [5, 5.41) is 2.80. The normalized spacial score (nSPS) is 18.1. The second kappa shape index (κ2) is 9.83. The molecule has 2 fully saturated rings. The van der Waals surface area contributed by atoms with E-state index in [0.29, 0.717) is 47.9 Å². The number of sulfonamides is 1. The Balaban J connectivity index is 1.54. The Kier molecular flexibility index (Phi) is 7.12. The van der Waals surface area contributed by atoms with Crippen LogP contribution in [0.2, 0.25) is 0 Å². The van der Waals surface area contributed by atoms with E-state index in [1.165, 1.54) is 29.1 Å². The lowest BCUT2D eigenvalue weighted by Gasteiger charge is -2.26. The van der Waals surface area contributed by atoms with Gasteiger partial charge in [0.2, 0.25) is 10.0 Å². The molecule has 10 heteroatoms. The Bertz CT molecular complexity index is 1030. The molecule has 0 unspecified atom stereocenters. The minimum Gasteiger partial charge on any atom is -0.495 e. The smallest absolute Gasteiger partial charge is 0.255 e. The van der Waals surface area contributed by atoms with Crippen molar-refractivity contribution < 1.29 is 22.7 Å². The van der Waals surface area contributed by atoms with E-state index in [0.717, 1.165) is 11.5 Å². The first-order valence-corrected chi connectivity index (χ1v) is 13.4. The van der Waals surface area contributed by atoms with Crippen LogP contribution in [0.1, 0.15) is 20.5 Å². The van der Waals surface area contributed by atoms with Crippen LogP contribution in [0.15, 0.2) is 47.4 Å². The third-order valence-corrected chi connectivity index (χ3v) is 10.1. The third kappa shape index (κ3) is 5.04. The number of nitrogens with zero attached hydrogens (tertiary/aromatic N) is 1. The van der Waals surface area contributed by atoms with Crippen molar-refractivity contribution in [3.63, 3.8) is 0 Å². The van der Waals surface area contributed by atoms with Crippen molar-refractivity contribution in [3.05, 3.63) is 53.6 Å². The highest BCUT2D eigenvalue weighted by Crippen LogP contribution is 2.45. The number of thioether (sulfide) groups is 2. The molecule has 2 saturated heterocycles. The molecule has 2 aliphatic rings. The lowest BCUT2D eigenvalue weighted by molar-refractivity contribution is 0.0730. The largest absolute Gasteiger partial charge is 0.495 e. The van der Waals surface area contributed by atoms with E-state index in [1.54, 1.807) is 18.2 Å². The molecule has 0 spiro atoms. The molecule has 31 heavy (non-hydrogen) atoms. The molecule has 1 amide bonds. The zero-order valence-electron chi connectivity index (χ0n) is 17.1. The molecule has 0 bridgehead atoms. The summed E-state index contributed by atoms with van der Waals surface area (Å²) < 4.78 is 38.3. The summed E-state index contributed by atoms with van der Waals surface area (Å²) in [5.41, 5.74) is 2.01. The van der Waals surface area contributed by atoms with Crippen molar-refractivity contribution in [1.82, 2.24) is 4.31 Å². The van der Waals surface area contributed by atoms with E-state index in [9.17, 15) is 13.2 Å². The van der Waals surface area contributed by atoms with Crippen LogP contribution in [0.3, 0.4) is 0 Å². The molecule has 1 N–H and O–H groups in total. The number of morpholine rings is 1. The SMILES string of the molecule is COc1ccc(S(=O)(=O)N2CCOCC2)cc1NC(=O)c1ccc(C2SCCS2)cc1. The number of rotatable bonds is 6. The first-order chi connectivity index (χ1) is 15.0. The van der Waals surface area contributed by atoms with Crippen LogP contribution < -0.4 is 10.1 Å². The van der Waals surface area contributed by atoms with Gasteiger partial charge >= 0.3 is 0 Å². The van der Waals surface area contributed by atoms with Gasteiger partial charge in [-0.3, -0.25) is 4.79 Å². The number of nitrogens with one attached hydrogen (secondary N) is 1. The lowest BCUT2D eigenvalue weighted by Crippen LogP contribution is -2.40. The number of anilines is 1. The van der Waals surface area contributed by atoms with E-state index in [2.05, 4.69) is 5.32 Å². The van der Waals surface area contributed by atoms with Crippen LogP contribution in [0.4, 0.5) is 5.69 Å². The van der Waals surface area contributed by atoms with Crippen LogP contribution in [0.25, 0.3) is 0 Å². The van der Waals surface area contributed by atoms with Gasteiger partial charge in [-0.1, -0.05) is 12.1 Å². The Hall–Kier alpha value is -1.72. The molecule has 2 aromatic rings. The molecule has 4 rings (SSSR count). The van der Waals surface area contributed by atoms with Crippen LogP contribution >= 0.6 is 23.5 Å². The molecule has 2 aliphatic heterocycles. The van der Waals surface area contributed by atoms with Crippen molar-refractivity contribution in [2.75, 3.05) is 50.2 Å². The predicted octanol–water partition coefficient (Wildman–Crippen LogP) is 3.45. The van der Waals surface area contributed by atoms with E-state index >= 15 is 0 Å². The zero-order chi connectivity index (χ0) is 21.8. The first-order valence-electron chi connectivity index (χ1n) is 9.89. The standard InChI is InChI=1S/C21H24N2O5S3/c1-27-19-7-6-17(31(25,26)23-8-10-28-11-9-23)14-18(19)22-20(24)15-2-4-16(5-3-15)21-29-12-13-30-21/h2-7,14,21H,8-13H2,1H3,(H,22,24). The van der Waals surface area contributed by atoms with E-state index < -0.39 is 10.0 Å². The van der Waals surface area contributed by atoms with Crippen molar-refractivity contribution in [2.24, 2.45) is 0 Å². The second-order valence-corrected chi connectivity index (χ2v) is 11.7. The summed E-state index contributed by atoms with van der Waals surface area (Å²) in [6.07, 6.45) is 0. The summed E-state index contributed by atoms with van der Waals surface area (Å²) >= 11 is 3.82. The Labute approximate surface area is 190 Å². The average Bonchev–Trinajstić information content (AvgIpc) is 3.35. The molecule has 0 radical (unpaired) electrons. The fourth-order valence-electron chi connectivity index (χ4n) is 3.42. The molecular weight excluding hydrogens is 456 g/mol. The number of hydrogen-bond donors (Lipinski definition) is 1. The number of carbonyl (C=O) groups is 1. The minimum atomic E-state index is -3.68. The molecule has 0 saturated carbocycles. The van der Waals surface area contributed by atoms with Gasteiger partial charge in [-0.25, -0.2) is 8.42 Å². The molecule has 7 nitrogen and oxygen atoms in total. The van der Waals surface area contributed by atoms with Crippen molar-refractivity contribution in [3.8, 4) is 5.75 Å². The molecule has 2 aromatic carbocycles. The quantitative estimate of drug-likeness (QED) is 0.678. The molecule has 166 valence electrons. The maximum Gasteiger partial charge on any atom is 0.255 e. The van der Waals surface area contributed by atoms with Crippen LogP contribution in [-0.2, 0) is 14.8 Å². The fourth-order valence-corrected chi connectivity index (χ4v) is 7.71. The highest BCUT2D eigenvalue weighted by Gasteiger charge is 2.27. The topological polar surface area (TPSA) is 84.9 Å². The van der Waals surface area contributed by atoms with Gasteiger partial charge in [-0.15, -0.1) is 23.5 Å². The molecule has 0 atom stereocenters. The van der Waals surface area contributed by atoms with E-state index in [1.807, 2.05) is 35.7 Å². The molecular formula is C21H24N2O5S3. The number of benzene rings is 2. The van der Waals surface area contributed by atoms with Gasteiger partial charge in [0.25, 0.3) is 5.91 Å². The Morgan fingerprint density at radius 3 is 2.42 bits per heavy atom. The van der Waals surface area contributed by atoms with E-state index in [4.69, 9.17) is 9.47 Å². The number of hydrogen-bond acceptors (Lipinski definition) is 7. The predicted molar refractivity (Wildman–Crippen MR) is 125 cm³/mol. The number of methoxy groups -OCH3 is 1.